The van der Waals surface area contributed by atoms with Crippen molar-refractivity contribution in [2.45, 2.75) is 57.2 Å². The topological polar surface area (TPSA) is 61.3 Å². The van der Waals surface area contributed by atoms with E-state index in [-0.39, 0.29) is 6.61 Å². The van der Waals surface area contributed by atoms with Gasteiger partial charge in [-0.2, -0.15) is 0 Å². The van der Waals surface area contributed by atoms with Crippen molar-refractivity contribution in [1.29, 1.82) is 0 Å². The van der Waals surface area contributed by atoms with Crippen LogP contribution >= 0.6 is 0 Å². The number of anilines is 1. The average molecular weight is 276 g/mol. The first-order valence-corrected chi connectivity index (χ1v) is 7.78. The molecule has 3 rings (SSSR count). The number of aromatic nitrogens is 2. The molecule has 1 aromatic rings. The van der Waals surface area contributed by atoms with Crippen LogP contribution in [0.15, 0.2) is 12.4 Å². The number of rotatable bonds is 7. The van der Waals surface area contributed by atoms with Gasteiger partial charge >= 0.3 is 0 Å². The Morgan fingerprint density at radius 1 is 1.25 bits per heavy atom. The van der Waals surface area contributed by atoms with Crippen LogP contribution in [0.3, 0.4) is 0 Å². The van der Waals surface area contributed by atoms with Crippen molar-refractivity contribution in [2.75, 3.05) is 18.1 Å². The second kappa shape index (κ2) is 6.50. The molecular weight excluding hydrogens is 252 g/mol. The fourth-order valence-electron chi connectivity index (χ4n) is 2.86. The van der Waals surface area contributed by atoms with Crippen LogP contribution < -0.4 is 10.2 Å². The van der Waals surface area contributed by atoms with E-state index in [1.165, 1.54) is 25.7 Å². The quantitative estimate of drug-likeness (QED) is 0.789. The number of aliphatic hydroxyl groups excluding tert-OH is 1. The van der Waals surface area contributed by atoms with Gasteiger partial charge in [-0.3, -0.25) is 0 Å². The summed E-state index contributed by atoms with van der Waals surface area (Å²) in [5.74, 6) is 0.848. The summed E-state index contributed by atoms with van der Waals surface area (Å²) in [5, 5.41) is 12.4. The lowest BCUT2D eigenvalue weighted by molar-refractivity contribution is 0.279. The molecule has 1 saturated heterocycles. The molecule has 0 bridgehead atoms. The van der Waals surface area contributed by atoms with Gasteiger partial charge in [0.2, 0.25) is 5.95 Å². The molecule has 5 nitrogen and oxygen atoms in total. The second-order valence-electron chi connectivity index (χ2n) is 5.90. The number of hydrogen-bond acceptors (Lipinski definition) is 5. The second-order valence-corrected chi connectivity index (χ2v) is 5.90. The summed E-state index contributed by atoms with van der Waals surface area (Å²) in [5.41, 5.74) is 1.16. The van der Waals surface area contributed by atoms with E-state index in [0.29, 0.717) is 6.04 Å². The van der Waals surface area contributed by atoms with E-state index in [2.05, 4.69) is 20.2 Å². The molecule has 1 unspecified atom stereocenters. The average Bonchev–Trinajstić information content (AvgIpc) is 3.20. The Morgan fingerprint density at radius 3 is 2.75 bits per heavy atom. The first-order valence-electron chi connectivity index (χ1n) is 7.78. The highest BCUT2D eigenvalue weighted by molar-refractivity contribution is 5.33. The van der Waals surface area contributed by atoms with Crippen molar-refractivity contribution < 1.29 is 5.11 Å². The van der Waals surface area contributed by atoms with E-state index >= 15 is 0 Å². The molecule has 1 aliphatic carbocycles. The molecule has 5 heteroatoms. The molecule has 2 N–H and O–H groups in total. The Hall–Kier alpha value is -1.20. The Labute approximate surface area is 120 Å². The lowest BCUT2D eigenvalue weighted by atomic mass is 10.1. The van der Waals surface area contributed by atoms with Gasteiger partial charge in [0.1, 0.15) is 0 Å². The van der Waals surface area contributed by atoms with E-state index in [0.717, 1.165) is 43.5 Å². The van der Waals surface area contributed by atoms with Crippen molar-refractivity contribution in [3.8, 4) is 0 Å². The van der Waals surface area contributed by atoms with Crippen LogP contribution in [0.5, 0.6) is 0 Å². The fourth-order valence-corrected chi connectivity index (χ4v) is 2.86. The summed E-state index contributed by atoms with van der Waals surface area (Å²) < 4.78 is 0. The molecule has 2 heterocycles. The molecule has 0 radical (unpaired) electrons. The highest BCUT2D eigenvalue weighted by atomic mass is 16.2. The molecule has 1 aliphatic heterocycles. The highest BCUT2D eigenvalue weighted by Gasteiger charge is 2.26. The summed E-state index contributed by atoms with van der Waals surface area (Å²) in [4.78, 5) is 11.4. The highest BCUT2D eigenvalue weighted by Crippen LogP contribution is 2.25. The van der Waals surface area contributed by atoms with Crippen molar-refractivity contribution in [3.63, 3.8) is 0 Å². The summed E-state index contributed by atoms with van der Waals surface area (Å²) in [6.45, 7) is 2.19. The van der Waals surface area contributed by atoms with Gasteiger partial charge in [-0.25, -0.2) is 9.97 Å². The Bertz CT molecular complexity index is 418. The van der Waals surface area contributed by atoms with E-state index in [1.54, 1.807) is 0 Å². The maximum absolute atomic E-state index is 8.97. The van der Waals surface area contributed by atoms with Gasteiger partial charge in [0.25, 0.3) is 0 Å². The molecular formula is C15H24N4O. The molecule has 0 amide bonds. The van der Waals surface area contributed by atoms with Crippen molar-refractivity contribution in [3.05, 3.63) is 18.0 Å². The number of aliphatic hydroxyl groups is 1. The lowest BCUT2D eigenvalue weighted by Gasteiger charge is -2.24. The number of nitrogens with one attached hydrogen (secondary N) is 1. The normalized spacial score (nSPS) is 22.4. The zero-order chi connectivity index (χ0) is 13.8. The van der Waals surface area contributed by atoms with Crippen LogP contribution in [0.1, 0.15) is 44.1 Å². The van der Waals surface area contributed by atoms with Gasteiger partial charge in [-0.15, -0.1) is 0 Å². The molecule has 1 aromatic heterocycles. The van der Waals surface area contributed by atoms with Crippen LogP contribution in [-0.4, -0.2) is 40.3 Å². The molecule has 0 spiro atoms. The van der Waals surface area contributed by atoms with Gasteiger partial charge in [0, 0.05) is 49.7 Å². The van der Waals surface area contributed by atoms with Crippen LogP contribution in [0.2, 0.25) is 0 Å². The summed E-state index contributed by atoms with van der Waals surface area (Å²) in [7, 11) is 0. The first-order chi connectivity index (χ1) is 9.86. The van der Waals surface area contributed by atoms with Crippen LogP contribution in [0.25, 0.3) is 0 Å². The molecule has 0 aromatic carbocycles. The van der Waals surface area contributed by atoms with Crippen LogP contribution in [-0.2, 0) is 6.54 Å². The van der Waals surface area contributed by atoms with E-state index in [1.807, 2.05) is 12.4 Å². The van der Waals surface area contributed by atoms with E-state index < -0.39 is 0 Å². The minimum absolute atomic E-state index is 0.275. The third-order valence-corrected chi connectivity index (χ3v) is 4.19. The van der Waals surface area contributed by atoms with E-state index in [4.69, 9.17) is 5.11 Å². The minimum atomic E-state index is 0.275. The molecule has 1 atom stereocenters. The molecule has 110 valence electrons. The molecule has 1 saturated carbocycles. The van der Waals surface area contributed by atoms with Crippen LogP contribution in [0.4, 0.5) is 5.95 Å². The molecule has 20 heavy (non-hydrogen) atoms. The summed E-state index contributed by atoms with van der Waals surface area (Å²) in [6, 6.07) is 1.22. The predicted molar refractivity (Wildman–Crippen MR) is 78.6 cm³/mol. The van der Waals surface area contributed by atoms with Gasteiger partial charge in [0.05, 0.1) is 0 Å². The maximum Gasteiger partial charge on any atom is 0.225 e. The minimum Gasteiger partial charge on any atom is -0.396 e. The van der Waals surface area contributed by atoms with Crippen molar-refractivity contribution in [2.24, 2.45) is 0 Å². The van der Waals surface area contributed by atoms with Crippen molar-refractivity contribution in [1.82, 2.24) is 15.3 Å². The Kier molecular flexibility index (Phi) is 4.47. The standard InChI is InChI=1S/C15H24N4O/c20-8-2-4-14-3-1-7-19(14)15-17-10-12(11-18-15)9-16-13-5-6-13/h10-11,13-14,16,20H,1-9H2. The largest absolute Gasteiger partial charge is 0.396 e. The smallest absolute Gasteiger partial charge is 0.225 e. The number of nitrogens with zero attached hydrogens (tertiary/aromatic N) is 3. The van der Waals surface area contributed by atoms with Crippen LogP contribution in [0, 0.1) is 0 Å². The Balaban J connectivity index is 1.57. The van der Waals surface area contributed by atoms with Gasteiger partial charge < -0.3 is 15.3 Å². The predicted octanol–water partition coefficient (Wildman–Crippen LogP) is 1.47. The third-order valence-electron chi connectivity index (χ3n) is 4.19. The zero-order valence-electron chi connectivity index (χ0n) is 12.0. The molecule has 2 fully saturated rings. The fraction of sp³-hybridized carbons (Fsp3) is 0.733. The maximum atomic E-state index is 8.97. The van der Waals surface area contributed by atoms with Crippen molar-refractivity contribution >= 4 is 5.95 Å². The first kappa shape index (κ1) is 13.8. The third kappa shape index (κ3) is 3.46. The lowest BCUT2D eigenvalue weighted by Crippen LogP contribution is -2.31. The van der Waals surface area contributed by atoms with Gasteiger partial charge in [-0.05, 0) is 38.5 Å². The zero-order valence-corrected chi connectivity index (χ0v) is 12.0. The summed E-state index contributed by atoms with van der Waals surface area (Å²) >= 11 is 0. The monoisotopic (exact) mass is 276 g/mol. The SMILES string of the molecule is OCCCC1CCCN1c1ncc(CNC2CC2)cn1. The summed E-state index contributed by atoms with van der Waals surface area (Å²) in [6.07, 6.45) is 10.8. The van der Waals surface area contributed by atoms with Gasteiger partial charge in [0.15, 0.2) is 0 Å². The van der Waals surface area contributed by atoms with E-state index in [9.17, 15) is 0 Å². The van der Waals surface area contributed by atoms with Gasteiger partial charge in [-0.1, -0.05) is 0 Å². The number of hydrogen-bond donors (Lipinski definition) is 2. The Morgan fingerprint density at radius 2 is 2.05 bits per heavy atom. The molecule has 2 aliphatic rings.